The maximum Gasteiger partial charge on any atom is 0.160 e. The standard InChI is InChI=1S/2CH4N2S.3ClH/c2*2-1(3)4;;;/h2*(H4,2,3,4);3*1H. The lowest BCUT2D eigenvalue weighted by Crippen LogP contribution is -2.18. The van der Waals surface area contributed by atoms with Crippen molar-refractivity contribution in [3.63, 3.8) is 0 Å². The highest BCUT2D eigenvalue weighted by Gasteiger charge is 1.53. The summed E-state index contributed by atoms with van der Waals surface area (Å²) in [5.41, 5.74) is 18.5. The molecule has 0 saturated heterocycles. The first kappa shape index (κ1) is 30.3. The van der Waals surface area contributed by atoms with Gasteiger partial charge in [-0.05, 0) is 24.4 Å². The fraction of sp³-hybridized carbons (Fsp3) is 0. The topological polar surface area (TPSA) is 104 Å². The van der Waals surface area contributed by atoms with Gasteiger partial charge in [0.25, 0.3) is 0 Å². The normalized spacial score (nSPS) is 4.36. The molecule has 9 heteroatoms. The minimum absolute atomic E-state index is 0. The van der Waals surface area contributed by atoms with Crippen LogP contribution < -0.4 is 22.9 Å². The van der Waals surface area contributed by atoms with Crippen LogP contribution in [0.25, 0.3) is 0 Å². The van der Waals surface area contributed by atoms with E-state index in [1.165, 1.54) is 0 Å². The van der Waals surface area contributed by atoms with Crippen molar-refractivity contribution >= 4 is 71.9 Å². The van der Waals surface area contributed by atoms with Crippen LogP contribution in [0.4, 0.5) is 0 Å². The van der Waals surface area contributed by atoms with E-state index in [1.807, 2.05) is 0 Å². The molecule has 0 aromatic carbocycles. The Morgan fingerprint density at radius 1 is 0.636 bits per heavy atom. The number of hydrogen-bond donors (Lipinski definition) is 4. The molecule has 11 heavy (non-hydrogen) atoms. The molecule has 0 atom stereocenters. The van der Waals surface area contributed by atoms with Crippen LogP contribution in [-0.4, -0.2) is 10.2 Å². The third-order valence-corrected chi connectivity index (χ3v) is 0. The van der Waals surface area contributed by atoms with E-state index in [0.29, 0.717) is 0 Å². The highest BCUT2D eigenvalue weighted by Crippen LogP contribution is 1.32. The van der Waals surface area contributed by atoms with E-state index >= 15 is 0 Å². The summed E-state index contributed by atoms with van der Waals surface area (Å²) >= 11 is 8.19. The van der Waals surface area contributed by atoms with E-state index in [1.54, 1.807) is 0 Å². The van der Waals surface area contributed by atoms with Crippen molar-refractivity contribution < 1.29 is 0 Å². The molecule has 0 saturated carbocycles. The zero-order valence-electron chi connectivity index (χ0n) is 5.35. The Balaban J connectivity index is -0.0000000171. The molecular formula is C2H11Cl3N4S2. The molecule has 0 aliphatic heterocycles. The number of nitrogens with two attached hydrogens (primary N) is 4. The maximum atomic E-state index is 4.62. The number of halogens is 3. The predicted molar refractivity (Wildman–Crippen MR) is 63.7 cm³/mol. The lowest BCUT2D eigenvalue weighted by atomic mass is 11.3. The van der Waals surface area contributed by atoms with Crippen molar-refractivity contribution in [1.82, 2.24) is 0 Å². The third-order valence-electron chi connectivity index (χ3n) is 0. The van der Waals surface area contributed by atoms with Gasteiger partial charge in [-0.2, -0.15) is 0 Å². The summed E-state index contributed by atoms with van der Waals surface area (Å²) in [4.78, 5) is 0. The molecule has 0 rings (SSSR count). The van der Waals surface area contributed by atoms with E-state index in [4.69, 9.17) is 0 Å². The lowest BCUT2D eigenvalue weighted by Gasteiger charge is -1.68. The van der Waals surface area contributed by atoms with Crippen molar-refractivity contribution in [2.24, 2.45) is 22.9 Å². The van der Waals surface area contributed by atoms with E-state index in [9.17, 15) is 0 Å². The molecule has 0 aromatic rings. The smallest absolute Gasteiger partial charge is 0.160 e. The van der Waals surface area contributed by atoms with Gasteiger partial charge in [0.05, 0.1) is 0 Å². The molecule has 0 unspecified atom stereocenters. The summed E-state index contributed by atoms with van der Waals surface area (Å²) in [6.45, 7) is 0. The van der Waals surface area contributed by atoms with Crippen molar-refractivity contribution in [2.45, 2.75) is 0 Å². The summed E-state index contributed by atoms with van der Waals surface area (Å²) in [5, 5.41) is 0.000000000000000444. The fourth-order valence-corrected chi connectivity index (χ4v) is 0. The first-order valence-corrected chi connectivity index (χ1v) is 2.38. The minimum Gasteiger partial charge on any atom is -0.377 e. The van der Waals surface area contributed by atoms with E-state index in [-0.39, 0.29) is 47.4 Å². The summed E-state index contributed by atoms with van der Waals surface area (Å²) in [5.74, 6) is 0. The summed E-state index contributed by atoms with van der Waals surface area (Å²) < 4.78 is 0. The van der Waals surface area contributed by atoms with Crippen LogP contribution >= 0.6 is 61.7 Å². The molecule has 8 N–H and O–H groups in total. The second-order valence-corrected chi connectivity index (χ2v) is 1.75. The second-order valence-electron chi connectivity index (χ2n) is 0.805. The Kier molecular flexibility index (Phi) is 61.8. The number of thiocarbonyl (C=S) groups is 2. The fourth-order valence-electron chi connectivity index (χ4n) is 0. The molecule has 4 nitrogen and oxygen atoms in total. The molecule has 0 radical (unpaired) electrons. The van der Waals surface area contributed by atoms with E-state index in [2.05, 4.69) is 47.4 Å². The average molecular weight is 262 g/mol. The summed E-state index contributed by atoms with van der Waals surface area (Å²) in [7, 11) is 0. The largest absolute Gasteiger partial charge is 0.377 e. The van der Waals surface area contributed by atoms with Gasteiger partial charge in [0.15, 0.2) is 10.2 Å². The van der Waals surface area contributed by atoms with Gasteiger partial charge < -0.3 is 22.9 Å². The van der Waals surface area contributed by atoms with Gasteiger partial charge in [0.2, 0.25) is 0 Å². The highest BCUT2D eigenvalue weighted by atomic mass is 35.5. The van der Waals surface area contributed by atoms with Crippen LogP contribution in [0.2, 0.25) is 0 Å². The van der Waals surface area contributed by atoms with Crippen LogP contribution in [-0.2, 0) is 0 Å². The SMILES string of the molecule is Cl.Cl.Cl.NC(N)=S.NC(N)=S. The number of hydrogen-bond acceptors (Lipinski definition) is 2. The van der Waals surface area contributed by atoms with Crippen molar-refractivity contribution in [3.8, 4) is 0 Å². The monoisotopic (exact) mass is 260 g/mol. The van der Waals surface area contributed by atoms with Crippen LogP contribution in [0.1, 0.15) is 0 Å². The predicted octanol–water partition coefficient (Wildman–Crippen LogP) is -0.357. The molecule has 0 aliphatic rings. The van der Waals surface area contributed by atoms with Crippen LogP contribution in [0.15, 0.2) is 0 Å². The Morgan fingerprint density at radius 2 is 0.636 bits per heavy atom. The molecular weight excluding hydrogens is 251 g/mol. The van der Waals surface area contributed by atoms with Crippen molar-refractivity contribution in [2.75, 3.05) is 0 Å². The molecule has 0 aromatic heterocycles. The summed E-state index contributed by atoms with van der Waals surface area (Å²) in [6, 6.07) is 0. The van der Waals surface area contributed by atoms with Crippen LogP contribution in [0, 0.1) is 0 Å². The van der Waals surface area contributed by atoms with Gasteiger partial charge >= 0.3 is 0 Å². The van der Waals surface area contributed by atoms with Gasteiger partial charge in [-0.25, -0.2) is 0 Å². The third kappa shape index (κ3) is 11200. The molecule has 0 spiro atoms. The van der Waals surface area contributed by atoms with E-state index in [0.717, 1.165) is 0 Å². The zero-order valence-corrected chi connectivity index (χ0v) is 9.43. The first-order valence-electron chi connectivity index (χ1n) is 1.56. The Hall–Kier alpha value is 0.250. The molecule has 0 heterocycles. The Morgan fingerprint density at radius 3 is 0.636 bits per heavy atom. The second kappa shape index (κ2) is 22.5. The molecule has 0 bridgehead atoms. The Labute approximate surface area is 94.6 Å². The van der Waals surface area contributed by atoms with Crippen molar-refractivity contribution in [3.05, 3.63) is 0 Å². The number of rotatable bonds is 0. The van der Waals surface area contributed by atoms with Gasteiger partial charge in [-0.15, -0.1) is 37.2 Å². The minimum atomic E-state index is 0. The van der Waals surface area contributed by atoms with Crippen LogP contribution in [0.5, 0.6) is 0 Å². The Bertz CT molecular complexity index is 79.3. The highest BCUT2D eigenvalue weighted by molar-refractivity contribution is 7.80. The van der Waals surface area contributed by atoms with Gasteiger partial charge in [0, 0.05) is 0 Å². The van der Waals surface area contributed by atoms with E-state index < -0.39 is 0 Å². The maximum absolute atomic E-state index is 4.62. The van der Waals surface area contributed by atoms with Gasteiger partial charge in [-0.3, -0.25) is 0 Å². The zero-order chi connectivity index (χ0) is 7.15. The molecule has 0 amide bonds. The van der Waals surface area contributed by atoms with Crippen molar-refractivity contribution in [1.29, 1.82) is 0 Å². The average Bonchev–Trinajstić information content (AvgIpc) is 1.25. The lowest BCUT2D eigenvalue weighted by molar-refractivity contribution is 1.65. The molecule has 0 aliphatic carbocycles. The van der Waals surface area contributed by atoms with Gasteiger partial charge in [-0.1, -0.05) is 0 Å². The summed E-state index contributed by atoms with van der Waals surface area (Å²) in [6.07, 6.45) is 0. The first-order chi connectivity index (χ1) is 3.46. The molecule has 72 valence electrons. The quantitative estimate of drug-likeness (QED) is 0.444. The molecule has 0 fully saturated rings. The van der Waals surface area contributed by atoms with Gasteiger partial charge in [0.1, 0.15) is 0 Å². The van der Waals surface area contributed by atoms with Crippen LogP contribution in [0.3, 0.4) is 0 Å².